The van der Waals surface area contributed by atoms with Gasteiger partial charge in [-0.3, -0.25) is 9.59 Å². The van der Waals surface area contributed by atoms with Gasteiger partial charge in [0.2, 0.25) is 0 Å². The Bertz CT molecular complexity index is 707. The second-order valence-corrected chi connectivity index (χ2v) is 6.44. The highest BCUT2D eigenvalue weighted by molar-refractivity contribution is 7.12. The Morgan fingerprint density at radius 1 is 1.00 bits per heavy atom. The van der Waals surface area contributed by atoms with E-state index in [0.29, 0.717) is 44.1 Å². The second kappa shape index (κ2) is 7.49. The molecule has 1 aromatic carbocycles. The van der Waals surface area contributed by atoms with E-state index in [9.17, 15) is 9.59 Å². The fourth-order valence-corrected chi connectivity index (χ4v) is 3.45. The van der Waals surface area contributed by atoms with Crippen LogP contribution in [0.2, 0.25) is 0 Å². The van der Waals surface area contributed by atoms with Crippen molar-refractivity contribution in [3.8, 4) is 5.75 Å². The number of piperazine rings is 1. The normalized spacial score (nSPS) is 14.5. The van der Waals surface area contributed by atoms with Crippen molar-refractivity contribution in [2.24, 2.45) is 0 Å². The molecule has 0 spiro atoms. The molecule has 2 aromatic rings. The quantitative estimate of drug-likeness (QED) is 0.857. The van der Waals surface area contributed by atoms with Gasteiger partial charge in [0, 0.05) is 26.2 Å². The van der Waals surface area contributed by atoms with Gasteiger partial charge in [-0.25, -0.2) is 0 Å². The molecule has 0 saturated carbocycles. The van der Waals surface area contributed by atoms with Gasteiger partial charge in [0.15, 0.2) is 0 Å². The molecule has 126 valence electrons. The summed E-state index contributed by atoms with van der Waals surface area (Å²) in [5, 5.41) is 1.90. The predicted octanol–water partition coefficient (Wildman–Crippen LogP) is 2.75. The molecule has 0 N–H and O–H groups in total. The van der Waals surface area contributed by atoms with E-state index in [-0.39, 0.29) is 11.8 Å². The Hall–Kier alpha value is -2.34. The van der Waals surface area contributed by atoms with Crippen LogP contribution < -0.4 is 4.74 Å². The van der Waals surface area contributed by atoms with Gasteiger partial charge < -0.3 is 14.5 Å². The molecule has 0 atom stereocenters. The first-order chi connectivity index (χ1) is 11.7. The van der Waals surface area contributed by atoms with Crippen molar-refractivity contribution in [2.75, 3.05) is 32.8 Å². The number of thiophene rings is 1. The maximum Gasteiger partial charge on any atom is 0.264 e. The lowest BCUT2D eigenvalue weighted by Crippen LogP contribution is -2.50. The minimum Gasteiger partial charge on any atom is -0.493 e. The molecule has 1 fully saturated rings. The zero-order valence-electron chi connectivity index (χ0n) is 13.6. The molecule has 0 bridgehead atoms. The number of rotatable bonds is 4. The third-order valence-electron chi connectivity index (χ3n) is 4.00. The Balaban J connectivity index is 1.64. The number of benzene rings is 1. The summed E-state index contributed by atoms with van der Waals surface area (Å²) in [6.07, 6.45) is 0. The molecular formula is C18H20N2O3S. The number of ether oxygens (including phenoxy) is 1. The monoisotopic (exact) mass is 344 g/mol. The molecule has 1 aliphatic rings. The summed E-state index contributed by atoms with van der Waals surface area (Å²) in [6, 6.07) is 11.0. The van der Waals surface area contributed by atoms with Gasteiger partial charge >= 0.3 is 0 Å². The van der Waals surface area contributed by atoms with E-state index in [4.69, 9.17) is 4.74 Å². The van der Waals surface area contributed by atoms with Crippen LogP contribution in [0.4, 0.5) is 0 Å². The van der Waals surface area contributed by atoms with Crippen LogP contribution in [-0.4, -0.2) is 54.4 Å². The number of para-hydroxylation sites is 1. The average molecular weight is 344 g/mol. The van der Waals surface area contributed by atoms with Crippen LogP contribution in [0.3, 0.4) is 0 Å². The molecule has 0 radical (unpaired) electrons. The van der Waals surface area contributed by atoms with Gasteiger partial charge in [-0.1, -0.05) is 18.2 Å². The van der Waals surface area contributed by atoms with E-state index in [0.717, 1.165) is 4.88 Å². The van der Waals surface area contributed by atoms with Gasteiger partial charge in [0.05, 0.1) is 17.0 Å². The first kappa shape index (κ1) is 16.5. The summed E-state index contributed by atoms with van der Waals surface area (Å²) >= 11 is 1.45. The molecule has 5 nitrogen and oxygen atoms in total. The number of carbonyl (C=O) groups is 2. The van der Waals surface area contributed by atoms with Crippen LogP contribution in [0.25, 0.3) is 0 Å². The van der Waals surface area contributed by atoms with Crippen molar-refractivity contribution < 1.29 is 14.3 Å². The van der Waals surface area contributed by atoms with Gasteiger partial charge in [-0.2, -0.15) is 0 Å². The van der Waals surface area contributed by atoms with Crippen molar-refractivity contribution >= 4 is 23.2 Å². The smallest absolute Gasteiger partial charge is 0.264 e. The molecule has 2 heterocycles. The van der Waals surface area contributed by atoms with Crippen LogP contribution >= 0.6 is 11.3 Å². The molecular weight excluding hydrogens is 324 g/mol. The summed E-state index contributed by atoms with van der Waals surface area (Å²) in [4.78, 5) is 29.4. The summed E-state index contributed by atoms with van der Waals surface area (Å²) in [6.45, 7) is 4.61. The SMILES string of the molecule is CCOc1ccccc1C(=O)N1CCN(C(=O)c2cccs2)CC1. The van der Waals surface area contributed by atoms with Crippen molar-refractivity contribution in [2.45, 2.75) is 6.92 Å². The minimum atomic E-state index is -0.0396. The Kier molecular flexibility index (Phi) is 5.15. The summed E-state index contributed by atoms with van der Waals surface area (Å²) < 4.78 is 5.55. The topological polar surface area (TPSA) is 49.9 Å². The summed E-state index contributed by atoms with van der Waals surface area (Å²) in [7, 11) is 0. The molecule has 1 aromatic heterocycles. The lowest BCUT2D eigenvalue weighted by Gasteiger charge is -2.34. The highest BCUT2D eigenvalue weighted by Gasteiger charge is 2.27. The molecule has 0 aliphatic carbocycles. The number of carbonyl (C=O) groups excluding carboxylic acids is 2. The van der Waals surface area contributed by atoms with E-state index in [1.165, 1.54) is 11.3 Å². The van der Waals surface area contributed by atoms with Gasteiger partial charge in [0.1, 0.15) is 5.75 Å². The zero-order chi connectivity index (χ0) is 16.9. The first-order valence-corrected chi connectivity index (χ1v) is 8.92. The van der Waals surface area contributed by atoms with Gasteiger partial charge in [-0.15, -0.1) is 11.3 Å². The maximum absolute atomic E-state index is 12.7. The van der Waals surface area contributed by atoms with Crippen LogP contribution in [0.15, 0.2) is 41.8 Å². The van der Waals surface area contributed by atoms with Gasteiger partial charge in [0.25, 0.3) is 11.8 Å². The van der Waals surface area contributed by atoms with E-state index < -0.39 is 0 Å². The highest BCUT2D eigenvalue weighted by atomic mass is 32.1. The van der Waals surface area contributed by atoms with Crippen LogP contribution in [0, 0.1) is 0 Å². The van der Waals surface area contributed by atoms with Gasteiger partial charge in [-0.05, 0) is 30.5 Å². The number of hydrogen-bond acceptors (Lipinski definition) is 4. The third kappa shape index (κ3) is 3.43. The van der Waals surface area contributed by atoms with Crippen molar-refractivity contribution in [1.29, 1.82) is 0 Å². The lowest BCUT2D eigenvalue weighted by atomic mass is 10.1. The Morgan fingerprint density at radius 2 is 1.67 bits per heavy atom. The molecule has 24 heavy (non-hydrogen) atoms. The van der Waals surface area contributed by atoms with Crippen LogP contribution in [0.5, 0.6) is 5.75 Å². The largest absolute Gasteiger partial charge is 0.493 e. The second-order valence-electron chi connectivity index (χ2n) is 5.49. The summed E-state index contributed by atoms with van der Waals surface area (Å²) in [5.41, 5.74) is 0.581. The number of hydrogen-bond donors (Lipinski definition) is 0. The summed E-state index contributed by atoms with van der Waals surface area (Å²) in [5.74, 6) is 0.621. The fraction of sp³-hybridized carbons (Fsp3) is 0.333. The van der Waals surface area contributed by atoms with E-state index >= 15 is 0 Å². The first-order valence-electron chi connectivity index (χ1n) is 8.04. The van der Waals surface area contributed by atoms with Crippen molar-refractivity contribution in [3.05, 3.63) is 52.2 Å². The van der Waals surface area contributed by atoms with Crippen LogP contribution in [-0.2, 0) is 0 Å². The molecule has 2 amide bonds. The molecule has 0 unspecified atom stereocenters. The van der Waals surface area contributed by atoms with E-state index in [1.807, 2.05) is 47.5 Å². The van der Waals surface area contributed by atoms with Crippen molar-refractivity contribution in [3.63, 3.8) is 0 Å². The molecule has 1 aliphatic heterocycles. The standard InChI is InChI=1S/C18H20N2O3S/c1-2-23-15-7-4-3-6-14(15)17(21)19-9-11-20(12-10-19)18(22)16-8-5-13-24-16/h3-8,13H,2,9-12H2,1H3. The molecule has 6 heteroatoms. The average Bonchev–Trinajstić information content (AvgIpc) is 3.16. The third-order valence-corrected chi connectivity index (χ3v) is 4.86. The van der Waals surface area contributed by atoms with E-state index in [1.54, 1.807) is 11.0 Å². The van der Waals surface area contributed by atoms with Crippen molar-refractivity contribution in [1.82, 2.24) is 9.80 Å². The maximum atomic E-state index is 12.7. The van der Waals surface area contributed by atoms with Crippen LogP contribution in [0.1, 0.15) is 27.0 Å². The predicted molar refractivity (Wildman–Crippen MR) is 93.7 cm³/mol. The Morgan fingerprint density at radius 3 is 2.29 bits per heavy atom. The zero-order valence-corrected chi connectivity index (χ0v) is 14.4. The van der Waals surface area contributed by atoms with E-state index in [2.05, 4.69) is 0 Å². The lowest BCUT2D eigenvalue weighted by molar-refractivity contribution is 0.0536. The molecule has 1 saturated heterocycles. The Labute approximate surface area is 145 Å². The highest BCUT2D eigenvalue weighted by Crippen LogP contribution is 2.21. The number of nitrogens with zero attached hydrogens (tertiary/aromatic N) is 2. The fourth-order valence-electron chi connectivity index (χ4n) is 2.76. The minimum absolute atomic E-state index is 0.0396. The number of amides is 2. The molecule has 3 rings (SSSR count).